The Bertz CT molecular complexity index is 353. The van der Waals surface area contributed by atoms with E-state index in [4.69, 9.17) is 10.5 Å². The van der Waals surface area contributed by atoms with E-state index in [0.717, 1.165) is 12.1 Å². The molecule has 0 saturated carbocycles. The van der Waals surface area contributed by atoms with Gasteiger partial charge in [-0.1, -0.05) is 6.92 Å². The fourth-order valence-corrected chi connectivity index (χ4v) is 1.02. The van der Waals surface area contributed by atoms with Gasteiger partial charge in [0.25, 0.3) is 0 Å². The highest BCUT2D eigenvalue weighted by molar-refractivity contribution is 5.91. The Morgan fingerprint density at radius 3 is 2.40 bits per heavy atom. The van der Waals surface area contributed by atoms with E-state index in [-0.39, 0.29) is 22.7 Å². The van der Waals surface area contributed by atoms with Gasteiger partial charge in [-0.3, -0.25) is 0 Å². The van der Waals surface area contributed by atoms with Crippen LogP contribution in [0.1, 0.15) is 23.7 Å². The van der Waals surface area contributed by atoms with Crippen LogP contribution < -0.4 is 5.73 Å². The van der Waals surface area contributed by atoms with E-state index in [1.807, 2.05) is 6.92 Å². The van der Waals surface area contributed by atoms with Crippen molar-refractivity contribution >= 4 is 11.7 Å². The summed E-state index contributed by atoms with van der Waals surface area (Å²) in [6.45, 7) is 2.16. The predicted molar refractivity (Wildman–Crippen MR) is 54.8 cm³/mol. The second-order valence-electron chi connectivity index (χ2n) is 3.06. The van der Waals surface area contributed by atoms with Crippen molar-refractivity contribution in [3.05, 3.63) is 17.7 Å². The summed E-state index contributed by atoms with van der Waals surface area (Å²) >= 11 is 0. The Morgan fingerprint density at radius 2 is 1.93 bits per heavy atom. The molecule has 5 nitrogen and oxygen atoms in total. The molecule has 0 heterocycles. The summed E-state index contributed by atoms with van der Waals surface area (Å²) in [6.07, 6.45) is 0.707. The molecule has 0 saturated heterocycles. The lowest BCUT2D eigenvalue weighted by atomic mass is 10.2. The lowest BCUT2D eigenvalue weighted by Gasteiger charge is -2.06. The van der Waals surface area contributed by atoms with Crippen molar-refractivity contribution in [3.63, 3.8) is 0 Å². The minimum atomic E-state index is -0.595. The van der Waals surface area contributed by atoms with E-state index >= 15 is 0 Å². The molecule has 0 aliphatic rings. The van der Waals surface area contributed by atoms with Crippen molar-refractivity contribution in [2.24, 2.45) is 0 Å². The van der Waals surface area contributed by atoms with Crippen LogP contribution in [0.4, 0.5) is 5.69 Å². The maximum Gasteiger partial charge on any atom is 0.338 e. The van der Waals surface area contributed by atoms with Crippen molar-refractivity contribution < 1.29 is 19.7 Å². The highest BCUT2D eigenvalue weighted by atomic mass is 16.5. The minimum Gasteiger partial charge on any atom is -0.506 e. The molecule has 1 aromatic rings. The smallest absolute Gasteiger partial charge is 0.338 e. The molecule has 0 radical (unpaired) electrons. The number of benzene rings is 1. The van der Waals surface area contributed by atoms with Gasteiger partial charge in [0.05, 0.1) is 12.2 Å². The molecule has 0 aliphatic carbocycles. The molecular formula is C10H13NO4. The van der Waals surface area contributed by atoms with Crippen LogP contribution in [0.2, 0.25) is 0 Å². The molecule has 82 valence electrons. The van der Waals surface area contributed by atoms with Gasteiger partial charge in [-0.05, 0) is 18.6 Å². The number of rotatable bonds is 3. The SMILES string of the molecule is CCCOC(=O)c1cc(O)c(N)c(O)c1. The zero-order valence-electron chi connectivity index (χ0n) is 8.36. The molecule has 15 heavy (non-hydrogen) atoms. The molecule has 0 amide bonds. The first-order chi connectivity index (χ1) is 7.06. The number of nitrogen functional groups attached to an aromatic ring is 1. The molecule has 0 aliphatic heterocycles. The fourth-order valence-electron chi connectivity index (χ4n) is 1.02. The molecule has 0 unspecified atom stereocenters. The summed E-state index contributed by atoms with van der Waals surface area (Å²) < 4.78 is 4.83. The lowest BCUT2D eigenvalue weighted by Crippen LogP contribution is -2.06. The average molecular weight is 211 g/mol. The van der Waals surface area contributed by atoms with E-state index < -0.39 is 5.97 Å². The largest absolute Gasteiger partial charge is 0.506 e. The number of carbonyl (C=O) groups is 1. The highest BCUT2D eigenvalue weighted by Crippen LogP contribution is 2.31. The van der Waals surface area contributed by atoms with Gasteiger partial charge in [0.2, 0.25) is 0 Å². The van der Waals surface area contributed by atoms with Crippen LogP contribution in [0.25, 0.3) is 0 Å². The summed E-state index contributed by atoms with van der Waals surface area (Å²) in [6, 6.07) is 2.32. The second-order valence-corrected chi connectivity index (χ2v) is 3.06. The van der Waals surface area contributed by atoms with E-state index in [9.17, 15) is 15.0 Å². The van der Waals surface area contributed by atoms with E-state index in [2.05, 4.69) is 0 Å². The van der Waals surface area contributed by atoms with Crippen LogP contribution >= 0.6 is 0 Å². The van der Waals surface area contributed by atoms with Crippen LogP contribution in [-0.4, -0.2) is 22.8 Å². The number of aromatic hydroxyl groups is 2. The summed E-state index contributed by atoms with van der Waals surface area (Å²) in [4.78, 5) is 11.3. The van der Waals surface area contributed by atoms with Gasteiger partial charge in [-0.25, -0.2) is 4.79 Å². The van der Waals surface area contributed by atoms with Gasteiger partial charge in [0.1, 0.15) is 17.2 Å². The Kier molecular flexibility index (Phi) is 3.38. The first-order valence-corrected chi connectivity index (χ1v) is 4.54. The first-order valence-electron chi connectivity index (χ1n) is 4.54. The third kappa shape index (κ3) is 2.52. The van der Waals surface area contributed by atoms with Crippen LogP contribution in [0.5, 0.6) is 11.5 Å². The highest BCUT2D eigenvalue weighted by Gasteiger charge is 2.12. The number of esters is 1. The molecule has 0 spiro atoms. The van der Waals surface area contributed by atoms with Crippen molar-refractivity contribution in [2.45, 2.75) is 13.3 Å². The number of ether oxygens (including phenoxy) is 1. The van der Waals surface area contributed by atoms with Gasteiger partial charge in [-0.2, -0.15) is 0 Å². The number of anilines is 1. The Hall–Kier alpha value is -1.91. The van der Waals surface area contributed by atoms with Crippen LogP contribution in [0.15, 0.2) is 12.1 Å². The van der Waals surface area contributed by atoms with Gasteiger partial charge < -0.3 is 20.7 Å². The number of phenolic OH excluding ortho intramolecular Hbond substituents is 2. The third-order valence-corrected chi connectivity index (χ3v) is 1.81. The normalized spacial score (nSPS) is 9.93. The van der Waals surface area contributed by atoms with Gasteiger partial charge in [0, 0.05) is 0 Å². The summed E-state index contributed by atoms with van der Waals surface area (Å²) in [7, 11) is 0. The van der Waals surface area contributed by atoms with E-state index in [1.54, 1.807) is 0 Å². The minimum absolute atomic E-state index is 0.0765. The summed E-state index contributed by atoms with van der Waals surface area (Å²) in [5.41, 5.74) is 5.22. The number of phenols is 2. The van der Waals surface area contributed by atoms with Crippen molar-refractivity contribution in [2.75, 3.05) is 12.3 Å². The molecule has 0 fully saturated rings. The van der Waals surface area contributed by atoms with Gasteiger partial charge in [0.15, 0.2) is 0 Å². The standard InChI is InChI=1S/C10H13NO4/c1-2-3-15-10(14)6-4-7(12)9(11)8(13)5-6/h4-5,12-13H,2-3,11H2,1H3. The summed E-state index contributed by atoms with van der Waals surface area (Å²) in [5, 5.41) is 18.5. The Labute approximate surface area is 87.1 Å². The van der Waals surface area contributed by atoms with E-state index in [0.29, 0.717) is 13.0 Å². The quantitative estimate of drug-likeness (QED) is 0.397. The maximum atomic E-state index is 11.3. The zero-order chi connectivity index (χ0) is 11.4. The fraction of sp³-hybridized carbons (Fsp3) is 0.300. The van der Waals surface area contributed by atoms with Crippen LogP contribution in [0.3, 0.4) is 0 Å². The second kappa shape index (κ2) is 4.54. The molecule has 1 rings (SSSR count). The third-order valence-electron chi connectivity index (χ3n) is 1.81. The topological polar surface area (TPSA) is 92.8 Å². The number of carbonyl (C=O) groups excluding carboxylic acids is 1. The molecular weight excluding hydrogens is 198 g/mol. The average Bonchev–Trinajstić information content (AvgIpc) is 2.21. The zero-order valence-corrected chi connectivity index (χ0v) is 8.36. The van der Waals surface area contributed by atoms with Crippen molar-refractivity contribution in [1.29, 1.82) is 0 Å². The van der Waals surface area contributed by atoms with Gasteiger partial charge >= 0.3 is 5.97 Å². The monoisotopic (exact) mass is 211 g/mol. The summed E-state index contributed by atoms with van der Waals surface area (Å²) in [5.74, 6) is -1.26. The van der Waals surface area contributed by atoms with Crippen molar-refractivity contribution in [3.8, 4) is 11.5 Å². The molecule has 5 heteroatoms. The van der Waals surface area contributed by atoms with Gasteiger partial charge in [-0.15, -0.1) is 0 Å². The Balaban J connectivity index is 2.91. The molecule has 0 aromatic heterocycles. The maximum absolute atomic E-state index is 11.3. The van der Waals surface area contributed by atoms with E-state index in [1.165, 1.54) is 0 Å². The number of hydrogen-bond donors (Lipinski definition) is 3. The number of nitrogens with two attached hydrogens (primary N) is 1. The van der Waals surface area contributed by atoms with Crippen molar-refractivity contribution in [1.82, 2.24) is 0 Å². The molecule has 0 bridgehead atoms. The van der Waals surface area contributed by atoms with Crippen LogP contribution in [0, 0.1) is 0 Å². The molecule has 1 aromatic carbocycles. The molecule has 0 atom stereocenters. The molecule has 4 N–H and O–H groups in total. The van der Waals surface area contributed by atoms with Crippen LogP contribution in [-0.2, 0) is 4.74 Å². The first kappa shape index (κ1) is 11.2. The number of hydrogen-bond acceptors (Lipinski definition) is 5. The predicted octanol–water partition coefficient (Wildman–Crippen LogP) is 1.25. The lowest BCUT2D eigenvalue weighted by molar-refractivity contribution is 0.0504. The Morgan fingerprint density at radius 1 is 1.40 bits per heavy atom.